The summed E-state index contributed by atoms with van der Waals surface area (Å²) in [5, 5.41) is 2.73. The molecule has 2 aromatic heterocycles. The molecule has 1 saturated heterocycles. The van der Waals surface area contributed by atoms with Gasteiger partial charge in [0.05, 0.1) is 10.9 Å². The number of amides is 2. The third-order valence-electron chi connectivity index (χ3n) is 5.66. The van der Waals surface area contributed by atoms with Crippen molar-refractivity contribution < 1.29 is 9.59 Å². The highest BCUT2D eigenvalue weighted by atomic mass is 16.2. The van der Waals surface area contributed by atoms with Crippen LogP contribution in [-0.2, 0) is 18.4 Å². The highest BCUT2D eigenvalue weighted by molar-refractivity contribution is 6.05. The minimum atomic E-state index is -0.695. The van der Waals surface area contributed by atoms with Gasteiger partial charge < -0.3 is 10.2 Å². The number of carbonyl (C=O) groups excluding carboxylic acids is 2. The number of piperidine rings is 1. The van der Waals surface area contributed by atoms with Crippen molar-refractivity contribution in [3.63, 3.8) is 0 Å². The highest BCUT2D eigenvalue weighted by Crippen LogP contribution is 2.19. The summed E-state index contributed by atoms with van der Waals surface area (Å²) in [5.74, 6) is -0.769. The number of rotatable bonds is 4. The fourth-order valence-electron chi connectivity index (χ4n) is 4.04. The summed E-state index contributed by atoms with van der Waals surface area (Å²) < 4.78 is 2.07. The second-order valence-corrected chi connectivity index (χ2v) is 8.01. The van der Waals surface area contributed by atoms with E-state index in [2.05, 4.69) is 10.3 Å². The van der Waals surface area contributed by atoms with Gasteiger partial charge in [0.15, 0.2) is 0 Å². The van der Waals surface area contributed by atoms with E-state index in [1.54, 1.807) is 42.2 Å². The van der Waals surface area contributed by atoms with Gasteiger partial charge in [0.2, 0.25) is 5.91 Å². The predicted molar refractivity (Wildman–Crippen MR) is 121 cm³/mol. The van der Waals surface area contributed by atoms with Crippen molar-refractivity contribution in [2.45, 2.75) is 32.7 Å². The molecule has 0 unspecified atom stereocenters. The molecule has 1 aliphatic heterocycles. The fraction of sp³-hybridized carbons (Fsp3) is 0.348. The molecule has 1 fully saturated rings. The maximum atomic E-state index is 13.4. The van der Waals surface area contributed by atoms with E-state index in [9.17, 15) is 19.2 Å². The standard InChI is InChI=1S/C23H25N5O4/c1-15-13-17(21(30)27-11-7-4-8-12-27)19-20(24-15)26(2)23(32)28(22(19)31)14-18(29)25-16-9-5-3-6-10-16/h3,5-6,9-10,13H,4,7-8,11-12,14H2,1-2H3,(H,25,29). The second kappa shape index (κ2) is 8.78. The van der Waals surface area contributed by atoms with Crippen LogP contribution in [0.4, 0.5) is 5.69 Å². The van der Waals surface area contributed by atoms with Crippen LogP contribution in [0.15, 0.2) is 46.0 Å². The molecule has 1 N–H and O–H groups in total. The summed E-state index contributed by atoms with van der Waals surface area (Å²) in [6, 6.07) is 10.4. The number of aromatic nitrogens is 3. The molecule has 9 nitrogen and oxygen atoms in total. The van der Waals surface area contributed by atoms with Crippen LogP contribution in [0.3, 0.4) is 0 Å². The Kier molecular flexibility index (Phi) is 5.89. The van der Waals surface area contributed by atoms with Crippen LogP contribution in [0.2, 0.25) is 0 Å². The van der Waals surface area contributed by atoms with Crippen molar-refractivity contribution in [2.75, 3.05) is 18.4 Å². The third kappa shape index (κ3) is 4.05. The molecule has 0 aliphatic carbocycles. The molecule has 3 aromatic rings. The van der Waals surface area contributed by atoms with Gasteiger partial charge in [-0.15, -0.1) is 0 Å². The molecule has 0 spiro atoms. The van der Waals surface area contributed by atoms with Crippen LogP contribution in [0, 0.1) is 6.92 Å². The Morgan fingerprint density at radius 3 is 2.44 bits per heavy atom. The van der Waals surface area contributed by atoms with Gasteiger partial charge in [-0.1, -0.05) is 18.2 Å². The van der Waals surface area contributed by atoms with Gasteiger partial charge in [0.1, 0.15) is 12.2 Å². The number of anilines is 1. The Morgan fingerprint density at radius 2 is 1.75 bits per heavy atom. The third-order valence-corrected chi connectivity index (χ3v) is 5.66. The average molecular weight is 435 g/mol. The second-order valence-electron chi connectivity index (χ2n) is 8.01. The maximum Gasteiger partial charge on any atom is 0.332 e. The largest absolute Gasteiger partial charge is 0.339 e. The number of benzene rings is 1. The van der Waals surface area contributed by atoms with Crippen LogP contribution in [0.1, 0.15) is 35.3 Å². The van der Waals surface area contributed by atoms with Crippen molar-refractivity contribution >= 4 is 28.5 Å². The number of para-hydroxylation sites is 1. The Morgan fingerprint density at radius 1 is 1.06 bits per heavy atom. The zero-order valence-electron chi connectivity index (χ0n) is 18.1. The summed E-state index contributed by atoms with van der Waals surface area (Å²) in [4.78, 5) is 58.2. The van der Waals surface area contributed by atoms with Crippen molar-refractivity contribution in [2.24, 2.45) is 7.05 Å². The first-order chi connectivity index (χ1) is 15.4. The minimum Gasteiger partial charge on any atom is -0.339 e. The van der Waals surface area contributed by atoms with E-state index in [0.717, 1.165) is 23.8 Å². The average Bonchev–Trinajstić information content (AvgIpc) is 2.80. The number of nitrogens with one attached hydrogen (secondary N) is 1. The highest BCUT2D eigenvalue weighted by Gasteiger charge is 2.25. The summed E-state index contributed by atoms with van der Waals surface area (Å²) in [6.07, 6.45) is 2.89. The zero-order valence-corrected chi connectivity index (χ0v) is 18.1. The molecular formula is C23H25N5O4. The summed E-state index contributed by atoms with van der Waals surface area (Å²) in [5.41, 5.74) is 0.0832. The molecule has 0 radical (unpaired) electrons. The number of pyridine rings is 1. The van der Waals surface area contributed by atoms with E-state index in [-0.39, 0.29) is 22.5 Å². The van der Waals surface area contributed by atoms with Crippen molar-refractivity contribution in [1.82, 2.24) is 19.0 Å². The Hall–Kier alpha value is -3.75. The molecular weight excluding hydrogens is 410 g/mol. The lowest BCUT2D eigenvalue weighted by Crippen LogP contribution is -2.43. The van der Waals surface area contributed by atoms with Gasteiger partial charge in [-0.05, 0) is 44.4 Å². The number of aryl methyl sites for hydroxylation is 2. The fourth-order valence-corrected chi connectivity index (χ4v) is 4.04. The van der Waals surface area contributed by atoms with Crippen molar-refractivity contribution in [3.05, 3.63) is 68.5 Å². The first kappa shape index (κ1) is 21.5. The van der Waals surface area contributed by atoms with Gasteiger partial charge in [-0.25, -0.2) is 9.78 Å². The summed E-state index contributed by atoms with van der Waals surface area (Å²) in [7, 11) is 1.48. The molecule has 0 bridgehead atoms. The Balaban J connectivity index is 1.80. The van der Waals surface area contributed by atoms with Crippen LogP contribution >= 0.6 is 0 Å². The van der Waals surface area contributed by atoms with Crippen LogP contribution < -0.4 is 16.6 Å². The van der Waals surface area contributed by atoms with E-state index >= 15 is 0 Å². The monoisotopic (exact) mass is 435 g/mol. The van der Waals surface area contributed by atoms with E-state index in [1.807, 2.05) is 6.07 Å². The number of likely N-dealkylation sites (tertiary alicyclic amines) is 1. The van der Waals surface area contributed by atoms with Gasteiger partial charge in [-0.3, -0.25) is 23.5 Å². The Bertz CT molecular complexity index is 1300. The van der Waals surface area contributed by atoms with Crippen molar-refractivity contribution in [3.8, 4) is 0 Å². The molecule has 32 heavy (non-hydrogen) atoms. The lowest BCUT2D eigenvalue weighted by Gasteiger charge is -2.27. The van der Waals surface area contributed by atoms with Crippen LogP contribution in [0.5, 0.6) is 0 Å². The van der Waals surface area contributed by atoms with Gasteiger partial charge in [0.25, 0.3) is 11.5 Å². The van der Waals surface area contributed by atoms with E-state index in [0.29, 0.717) is 24.5 Å². The zero-order chi connectivity index (χ0) is 22.8. The van der Waals surface area contributed by atoms with Crippen LogP contribution in [0.25, 0.3) is 11.0 Å². The molecule has 3 heterocycles. The normalized spacial score (nSPS) is 13.9. The van der Waals surface area contributed by atoms with E-state index in [1.165, 1.54) is 11.6 Å². The molecule has 0 atom stereocenters. The Labute approximate surface area is 184 Å². The van der Waals surface area contributed by atoms with E-state index in [4.69, 9.17) is 0 Å². The molecule has 9 heteroatoms. The molecule has 2 amide bonds. The molecule has 1 aliphatic rings. The smallest absolute Gasteiger partial charge is 0.332 e. The number of fused-ring (bicyclic) bond motifs is 1. The first-order valence-electron chi connectivity index (χ1n) is 10.6. The lowest BCUT2D eigenvalue weighted by molar-refractivity contribution is -0.116. The quantitative estimate of drug-likeness (QED) is 0.671. The van der Waals surface area contributed by atoms with Gasteiger partial charge >= 0.3 is 5.69 Å². The summed E-state index contributed by atoms with van der Waals surface area (Å²) >= 11 is 0. The maximum absolute atomic E-state index is 13.4. The first-order valence-corrected chi connectivity index (χ1v) is 10.6. The predicted octanol–water partition coefficient (Wildman–Crippen LogP) is 1.67. The SMILES string of the molecule is Cc1cc(C(=O)N2CCCCC2)c2c(=O)n(CC(=O)Nc3ccccc3)c(=O)n(C)c2n1. The molecule has 1 aromatic carbocycles. The van der Waals surface area contributed by atoms with E-state index < -0.39 is 23.7 Å². The van der Waals surface area contributed by atoms with Crippen molar-refractivity contribution in [1.29, 1.82) is 0 Å². The lowest BCUT2D eigenvalue weighted by atomic mass is 10.1. The number of nitrogens with zero attached hydrogens (tertiary/aromatic N) is 4. The van der Waals surface area contributed by atoms with Gasteiger partial charge in [0, 0.05) is 31.5 Å². The number of hydrogen-bond acceptors (Lipinski definition) is 5. The minimum absolute atomic E-state index is 0.0563. The molecule has 4 rings (SSSR count). The topological polar surface area (TPSA) is 106 Å². The molecule has 0 saturated carbocycles. The number of carbonyl (C=O) groups is 2. The summed E-state index contributed by atoms with van der Waals surface area (Å²) in [6.45, 7) is 2.50. The van der Waals surface area contributed by atoms with Crippen LogP contribution in [-0.4, -0.2) is 43.9 Å². The molecule has 166 valence electrons. The number of hydrogen-bond donors (Lipinski definition) is 1. The van der Waals surface area contributed by atoms with Gasteiger partial charge in [-0.2, -0.15) is 0 Å².